The first-order chi connectivity index (χ1) is 8.33. The maximum atomic E-state index is 12.1. The Morgan fingerprint density at radius 2 is 2.06 bits per heavy atom. The number of nitrogens with two attached hydrogens (primary N) is 1. The Bertz CT molecular complexity index is 364. The zero-order valence-corrected chi connectivity index (χ0v) is 11.3. The first-order valence-corrected chi connectivity index (χ1v) is 6.65. The average molecular weight is 281 g/mol. The molecule has 6 heteroatoms. The zero-order valence-electron chi connectivity index (χ0n) is 10.5. The molecule has 0 fully saturated rings. The molecule has 2 nitrogen and oxygen atoms in total. The lowest BCUT2D eigenvalue weighted by Crippen LogP contribution is -2.30. The smallest absolute Gasteiger partial charge is 0.371 e. The highest BCUT2D eigenvalue weighted by molar-refractivity contribution is 7.12. The van der Waals surface area contributed by atoms with E-state index >= 15 is 0 Å². The third-order valence-electron chi connectivity index (χ3n) is 2.58. The molecule has 0 saturated carbocycles. The summed E-state index contributed by atoms with van der Waals surface area (Å²) in [6, 6.07) is 3.51. The van der Waals surface area contributed by atoms with Gasteiger partial charge in [-0.05, 0) is 25.5 Å². The standard InChI is InChI=1S/C12H18F3NOS/c1-3-9(16)11(10-5-4-8(2)18-10)17-7-6-12(13,14)15/h4-5,9,11H,3,6-7,16H2,1-2H3. The first-order valence-electron chi connectivity index (χ1n) is 5.83. The van der Waals surface area contributed by atoms with Crippen molar-refractivity contribution in [2.24, 2.45) is 5.73 Å². The number of hydrogen-bond donors (Lipinski definition) is 1. The summed E-state index contributed by atoms with van der Waals surface area (Å²) in [4.78, 5) is 1.99. The van der Waals surface area contributed by atoms with Crippen molar-refractivity contribution in [3.8, 4) is 0 Å². The molecular formula is C12H18F3NOS. The van der Waals surface area contributed by atoms with Crippen LogP contribution < -0.4 is 5.73 Å². The fourth-order valence-electron chi connectivity index (χ4n) is 1.54. The Morgan fingerprint density at radius 1 is 1.39 bits per heavy atom. The maximum absolute atomic E-state index is 12.1. The molecule has 0 saturated heterocycles. The molecular weight excluding hydrogens is 263 g/mol. The second-order valence-electron chi connectivity index (χ2n) is 4.18. The van der Waals surface area contributed by atoms with Gasteiger partial charge >= 0.3 is 6.18 Å². The zero-order chi connectivity index (χ0) is 13.8. The monoisotopic (exact) mass is 281 g/mol. The van der Waals surface area contributed by atoms with Gasteiger partial charge in [-0.1, -0.05) is 6.92 Å². The van der Waals surface area contributed by atoms with Crippen LogP contribution in [-0.4, -0.2) is 18.8 Å². The van der Waals surface area contributed by atoms with Gasteiger partial charge < -0.3 is 10.5 Å². The number of rotatable bonds is 6. The van der Waals surface area contributed by atoms with Crippen LogP contribution in [0.3, 0.4) is 0 Å². The molecule has 0 radical (unpaired) electrons. The van der Waals surface area contributed by atoms with Gasteiger partial charge in [0, 0.05) is 15.8 Å². The average Bonchev–Trinajstić information content (AvgIpc) is 2.68. The summed E-state index contributed by atoms with van der Waals surface area (Å²) in [6.07, 6.45) is -4.92. The second-order valence-corrected chi connectivity index (χ2v) is 5.50. The molecule has 1 heterocycles. The maximum Gasteiger partial charge on any atom is 0.391 e. The fraction of sp³-hybridized carbons (Fsp3) is 0.667. The fourth-order valence-corrected chi connectivity index (χ4v) is 2.54. The lowest BCUT2D eigenvalue weighted by molar-refractivity contribution is -0.150. The molecule has 18 heavy (non-hydrogen) atoms. The van der Waals surface area contributed by atoms with Crippen LogP contribution in [0.15, 0.2) is 12.1 Å². The Hall–Kier alpha value is -0.590. The van der Waals surface area contributed by atoms with Crippen LogP contribution in [0.1, 0.15) is 35.6 Å². The van der Waals surface area contributed by atoms with E-state index in [0.29, 0.717) is 6.42 Å². The van der Waals surface area contributed by atoms with Crippen molar-refractivity contribution in [1.29, 1.82) is 0 Å². The molecule has 1 aromatic rings. The van der Waals surface area contributed by atoms with Crippen molar-refractivity contribution in [1.82, 2.24) is 0 Å². The van der Waals surface area contributed by atoms with E-state index in [4.69, 9.17) is 10.5 Å². The topological polar surface area (TPSA) is 35.2 Å². The highest BCUT2D eigenvalue weighted by Gasteiger charge is 2.28. The minimum absolute atomic E-state index is 0.281. The molecule has 0 aliphatic heterocycles. The van der Waals surface area contributed by atoms with Crippen LogP contribution >= 0.6 is 11.3 Å². The largest absolute Gasteiger partial charge is 0.391 e. The molecule has 0 aliphatic carbocycles. The molecule has 1 aromatic heterocycles. The van der Waals surface area contributed by atoms with Gasteiger partial charge in [0.2, 0.25) is 0 Å². The van der Waals surface area contributed by atoms with Gasteiger partial charge in [-0.15, -0.1) is 11.3 Å². The Balaban J connectivity index is 2.62. The molecule has 0 spiro atoms. The van der Waals surface area contributed by atoms with E-state index in [-0.39, 0.29) is 12.6 Å². The lowest BCUT2D eigenvalue weighted by Gasteiger charge is -2.22. The van der Waals surface area contributed by atoms with Crippen molar-refractivity contribution in [3.63, 3.8) is 0 Å². The number of alkyl halides is 3. The first kappa shape index (κ1) is 15.5. The SMILES string of the molecule is CCC(N)C(OCCC(F)(F)F)c1ccc(C)s1. The number of hydrogen-bond acceptors (Lipinski definition) is 3. The lowest BCUT2D eigenvalue weighted by atomic mass is 10.1. The van der Waals surface area contributed by atoms with Crippen LogP contribution in [0, 0.1) is 6.92 Å². The van der Waals surface area contributed by atoms with E-state index in [1.807, 2.05) is 26.0 Å². The van der Waals surface area contributed by atoms with E-state index in [1.54, 1.807) is 0 Å². The van der Waals surface area contributed by atoms with Gasteiger partial charge in [0.25, 0.3) is 0 Å². The molecule has 104 valence electrons. The second kappa shape index (κ2) is 6.54. The van der Waals surface area contributed by atoms with Gasteiger partial charge in [-0.25, -0.2) is 0 Å². The summed E-state index contributed by atoms with van der Waals surface area (Å²) < 4.78 is 41.6. The van der Waals surface area contributed by atoms with Crippen molar-refractivity contribution in [2.45, 2.75) is 45.0 Å². The van der Waals surface area contributed by atoms with Crippen molar-refractivity contribution < 1.29 is 17.9 Å². The van der Waals surface area contributed by atoms with E-state index in [9.17, 15) is 13.2 Å². The van der Waals surface area contributed by atoms with Crippen LogP contribution in [-0.2, 0) is 4.74 Å². The number of aryl methyl sites for hydroxylation is 1. The van der Waals surface area contributed by atoms with Crippen LogP contribution in [0.25, 0.3) is 0 Å². The van der Waals surface area contributed by atoms with Crippen molar-refractivity contribution in [2.75, 3.05) is 6.61 Å². The molecule has 1 rings (SSSR count). The van der Waals surface area contributed by atoms with Crippen LogP contribution in [0.5, 0.6) is 0 Å². The molecule has 0 bridgehead atoms. The van der Waals surface area contributed by atoms with E-state index in [1.165, 1.54) is 11.3 Å². The summed E-state index contributed by atoms with van der Waals surface area (Å²) >= 11 is 1.51. The predicted octanol–water partition coefficient (Wildman–Crippen LogP) is 3.80. The summed E-state index contributed by atoms with van der Waals surface area (Å²) in [5.41, 5.74) is 5.91. The van der Waals surface area contributed by atoms with E-state index < -0.39 is 18.7 Å². The molecule has 0 aliphatic rings. The minimum atomic E-state index is -4.19. The van der Waals surface area contributed by atoms with Gasteiger partial charge in [0.05, 0.1) is 13.0 Å². The summed E-state index contributed by atoms with van der Waals surface area (Å²) in [6.45, 7) is 3.49. The van der Waals surface area contributed by atoms with Gasteiger partial charge in [0.1, 0.15) is 6.10 Å². The Labute approximate surface area is 109 Å². The molecule has 0 aromatic carbocycles. The third kappa shape index (κ3) is 4.96. The summed E-state index contributed by atoms with van der Waals surface area (Å²) in [5.74, 6) is 0. The Kier molecular flexibility index (Phi) is 5.62. The van der Waals surface area contributed by atoms with Gasteiger partial charge in [-0.3, -0.25) is 0 Å². The number of halogens is 3. The number of ether oxygens (including phenoxy) is 1. The molecule has 2 unspecified atom stereocenters. The van der Waals surface area contributed by atoms with Crippen LogP contribution in [0.4, 0.5) is 13.2 Å². The van der Waals surface area contributed by atoms with Gasteiger partial charge in [-0.2, -0.15) is 13.2 Å². The highest BCUT2D eigenvalue weighted by Crippen LogP contribution is 2.30. The third-order valence-corrected chi connectivity index (χ3v) is 3.65. The van der Waals surface area contributed by atoms with Gasteiger partial charge in [0.15, 0.2) is 0 Å². The molecule has 2 N–H and O–H groups in total. The summed E-state index contributed by atoms with van der Waals surface area (Å²) in [5, 5.41) is 0. The highest BCUT2D eigenvalue weighted by atomic mass is 32.1. The normalized spacial score (nSPS) is 15.7. The quantitative estimate of drug-likeness (QED) is 0.860. The summed E-state index contributed by atoms with van der Waals surface area (Å²) in [7, 11) is 0. The Morgan fingerprint density at radius 3 is 2.50 bits per heavy atom. The van der Waals surface area contributed by atoms with E-state index in [0.717, 1.165) is 9.75 Å². The van der Waals surface area contributed by atoms with Crippen molar-refractivity contribution in [3.05, 3.63) is 21.9 Å². The molecule has 2 atom stereocenters. The molecule has 0 amide bonds. The van der Waals surface area contributed by atoms with Crippen LogP contribution in [0.2, 0.25) is 0 Å². The minimum Gasteiger partial charge on any atom is -0.371 e. The van der Waals surface area contributed by atoms with E-state index in [2.05, 4.69) is 0 Å². The van der Waals surface area contributed by atoms with Crippen molar-refractivity contribution >= 4 is 11.3 Å². The predicted molar refractivity (Wildman–Crippen MR) is 66.7 cm³/mol. The number of thiophene rings is 1.